The molecule has 0 unspecified atom stereocenters. The number of anilines is 1. The molecule has 2 aromatic carbocycles. The van der Waals surface area contributed by atoms with Gasteiger partial charge in [0, 0.05) is 24.1 Å². The van der Waals surface area contributed by atoms with E-state index in [0.29, 0.717) is 34.5 Å². The van der Waals surface area contributed by atoms with Crippen LogP contribution < -0.4 is 5.32 Å². The molecule has 0 saturated heterocycles. The summed E-state index contributed by atoms with van der Waals surface area (Å²) < 4.78 is 5.60. The summed E-state index contributed by atoms with van der Waals surface area (Å²) >= 11 is 5.87. The molecule has 0 aliphatic rings. The Bertz CT molecular complexity index is 974. The molecule has 0 aliphatic heterocycles. The first-order valence-electron chi connectivity index (χ1n) is 7.94. The topological polar surface area (TPSA) is 91.8 Å². The zero-order chi connectivity index (χ0) is 18.5. The third-order valence-electron chi connectivity index (χ3n) is 3.70. The second kappa shape index (κ2) is 7.81. The number of aryl methyl sites for hydroxylation is 2. The number of rotatable bonds is 5. The number of carbonyl (C=O) groups excluding carboxylic acids is 1. The Morgan fingerprint density at radius 3 is 2.73 bits per heavy atom. The van der Waals surface area contributed by atoms with Crippen molar-refractivity contribution in [1.82, 2.24) is 10.2 Å². The summed E-state index contributed by atoms with van der Waals surface area (Å²) in [4.78, 5) is 12.1. The minimum absolute atomic E-state index is 0.181. The second-order valence-corrected chi connectivity index (χ2v) is 6.13. The van der Waals surface area contributed by atoms with E-state index < -0.39 is 0 Å². The van der Waals surface area contributed by atoms with E-state index in [4.69, 9.17) is 21.3 Å². The lowest BCUT2D eigenvalue weighted by Gasteiger charge is -2.05. The number of hydrogen-bond donors (Lipinski definition) is 1. The van der Waals surface area contributed by atoms with Gasteiger partial charge in [0.25, 0.3) is 0 Å². The molecule has 6 nitrogen and oxygen atoms in total. The molecule has 3 rings (SSSR count). The van der Waals surface area contributed by atoms with Crippen LogP contribution in [0.3, 0.4) is 0 Å². The first-order chi connectivity index (χ1) is 12.5. The molecule has 0 fully saturated rings. The molecule has 0 bridgehead atoms. The van der Waals surface area contributed by atoms with Gasteiger partial charge in [-0.2, -0.15) is 5.26 Å². The lowest BCUT2D eigenvalue weighted by atomic mass is 10.1. The van der Waals surface area contributed by atoms with E-state index in [1.54, 1.807) is 12.1 Å². The minimum Gasteiger partial charge on any atom is -0.421 e. The normalized spacial score (nSPS) is 10.3. The molecule has 0 saturated carbocycles. The van der Waals surface area contributed by atoms with Crippen molar-refractivity contribution >= 4 is 23.2 Å². The van der Waals surface area contributed by atoms with Gasteiger partial charge in [-0.1, -0.05) is 29.3 Å². The van der Waals surface area contributed by atoms with E-state index in [2.05, 4.69) is 15.5 Å². The Morgan fingerprint density at radius 1 is 1.23 bits per heavy atom. The first kappa shape index (κ1) is 17.6. The van der Waals surface area contributed by atoms with Gasteiger partial charge in [-0.25, -0.2) is 0 Å². The SMILES string of the molecule is Cc1ccc(-c2nnc(CCC(=O)Nc3ccc(Cl)c(C#N)c3)o2)cc1. The number of halogens is 1. The van der Waals surface area contributed by atoms with E-state index >= 15 is 0 Å². The standard InChI is InChI=1S/C19H15ClN4O2/c1-12-2-4-13(5-3-12)19-24-23-18(26-19)9-8-17(25)22-15-6-7-16(20)14(10-15)11-21/h2-7,10H,8-9H2,1H3,(H,22,25). The number of benzene rings is 2. The van der Waals surface area contributed by atoms with Gasteiger partial charge in [0.15, 0.2) is 0 Å². The maximum Gasteiger partial charge on any atom is 0.247 e. The fourth-order valence-corrected chi connectivity index (χ4v) is 2.46. The zero-order valence-electron chi connectivity index (χ0n) is 14.0. The van der Waals surface area contributed by atoms with Gasteiger partial charge in [-0.15, -0.1) is 10.2 Å². The number of amides is 1. The summed E-state index contributed by atoms with van der Waals surface area (Å²) in [6.45, 7) is 2.00. The lowest BCUT2D eigenvalue weighted by molar-refractivity contribution is -0.116. The van der Waals surface area contributed by atoms with Crippen LogP contribution in [0.15, 0.2) is 46.9 Å². The number of hydrogen-bond acceptors (Lipinski definition) is 5. The number of nitrogens with one attached hydrogen (secondary N) is 1. The van der Waals surface area contributed by atoms with Crippen LogP contribution in [0.4, 0.5) is 5.69 Å². The van der Waals surface area contributed by atoms with Crippen molar-refractivity contribution in [2.24, 2.45) is 0 Å². The largest absolute Gasteiger partial charge is 0.421 e. The quantitative estimate of drug-likeness (QED) is 0.732. The molecule has 26 heavy (non-hydrogen) atoms. The maximum absolute atomic E-state index is 12.1. The Morgan fingerprint density at radius 2 is 2.00 bits per heavy atom. The molecular formula is C19H15ClN4O2. The van der Waals surface area contributed by atoms with Crippen molar-refractivity contribution in [3.63, 3.8) is 0 Å². The molecule has 7 heteroatoms. The highest BCUT2D eigenvalue weighted by Crippen LogP contribution is 2.21. The van der Waals surface area contributed by atoms with E-state index in [-0.39, 0.29) is 12.3 Å². The lowest BCUT2D eigenvalue weighted by Crippen LogP contribution is -2.12. The number of nitriles is 1. The molecule has 1 amide bonds. The average Bonchev–Trinajstić information content (AvgIpc) is 3.11. The van der Waals surface area contributed by atoms with Crippen molar-refractivity contribution in [3.05, 3.63) is 64.5 Å². The predicted octanol–water partition coefficient (Wildman–Crippen LogP) is 4.14. The van der Waals surface area contributed by atoms with Crippen molar-refractivity contribution in [1.29, 1.82) is 5.26 Å². The van der Waals surface area contributed by atoms with Crippen molar-refractivity contribution in [2.45, 2.75) is 19.8 Å². The highest BCUT2D eigenvalue weighted by molar-refractivity contribution is 6.31. The van der Waals surface area contributed by atoms with Gasteiger partial charge >= 0.3 is 0 Å². The van der Waals surface area contributed by atoms with Crippen LogP contribution in [-0.2, 0) is 11.2 Å². The molecule has 1 N–H and O–H groups in total. The van der Waals surface area contributed by atoms with Crippen LogP contribution in [0.2, 0.25) is 5.02 Å². The molecule has 130 valence electrons. The van der Waals surface area contributed by atoms with E-state index in [0.717, 1.165) is 11.1 Å². The van der Waals surface area contributed by atoms with Crippen LogP contribution in [0, 0.1) is 18.3 Å². The maximum atomic E-state index is 12.1. The van der Waals surface area contributed by atoms with Gasteiger partial charge in [0.1, 0.15) is 6.07 Å². The predicted molar refractivity (Wildman–Crippen MR) is 97.6 cm³/mol. The van der Waals surface area contributed by atoms with Gasteiger partial charge in [0.05, 0.1) is 10.6 Å². The van der Waals surface area contributed by atoms with Crippen molar-refractivity contribution < 1.29 is 9.21 Å². The van der Waals surface area contributed by atoms with Gasteiger partial charge in [0.2, 0.25) is 17.7 Å². The molecule has 0 atom stereocenters. The van der Waals surface area contributed by atoms with Gasteiger partial charge in [-0.05, 0) is 37.3 Å². The molecule has 1 aromatic heterocycles. The summed E-state index contributed by atoms with van der Waals surface area (Å²) in [5, 5.41) is 20.0. The van der Waals surface area contributed by atoms with Gasteiger partial charge < -0.3 is 9.73 Å². The van der Waals surface area contributed by atoms with E-state index in [1.165, 1.54) is 6.07 Å². The van der Waals surface area contributed by atoms with Crippen LogP contribution in [-0.4, -0.2) is 16.1 Å². The molecule has 0 aliphatic carbocycles. The molecule has 0 spiro atoms. The van der Waals surface area contributed by atoms with Crippen LogP contribution >= 0.6 is 11.6 Å². The second-order valence-electron chi connectivity index (χ2n) is 5.72. The number of carbonyl (C=O) groups is 1. The minimum atomic E-state index is -0.216. The first-order valence-corrected chi connectivity index (χ1v) is 8.32. The molecular weight excluding hydrogens is 352 g/mol. The molecule has 3 aromatic rings. The Kier molecular flexibility index (Phi) is 5.30. The number of aromatic nitrogens is 2. The zero-order valence-corrected chi connectivity index (χ0v) is 14.7. The summed E-state index contributed by atoms with van der Waals surface area (Å²) in [5.74, 6) is 0.604. The van der Waals surface area contributed by atoms with Gasteiger partial charge in [-0.3, -0.25) is 4.79 Å². The fourth-order valence-electron chi connectivity index (χ4n) is 2.30. The highest BCUT2D eigenvalue weighted by Gasteiger charge is 2.11. The Labute approximate surface area is 155 Å². The Balaban J connectivity index is 1.58. The highest BCUT2D eigenvalue weighted by atomic mass is 35.5. The molecule has 0 radical (unpaired) electrons. The van der Waals surface area contributed by atoms with Crippen molar-refractivity contribution in [3.8, 4) is 17.5 Å². The van der Waals surface area contributed by atoms with E-state index in [9.17, 15) is 4.79 Å². The third kappa shape index (κ3) is 4.26. The summed E-state index contributed by atoms with van der Waals surface area (Å²) in [6, 6.07) is 14.5. The average molecular weight is 367 g/mol. The summed E-state index contributed by atoms with van der Waals surface area (Å²) in [7, 11) is 0. The van der Waals surface area contributed by atoms with E-state index in [1.807, 2.05) is 37.3 Å². The monoisotopic (exact) mass is 366 g/mol. The third-order valence-corrected chi connectivity index (χ3v) is 4.03. The smallest absolute Gasteiger partial charge is 0.247 e. The Hall–Kier alpha value is -3.17. The molecule has 1 heterocycles. The van der Waals surface area contributed by atoms with Crippen LogP contribution in [0.25, 0.3) is 11.5 Å². The summed E-state index contributed by atoms with van der Waals surface area (Å²) in [6.07, 6.45) is 0.503. The number of nitrogens with zero attached hydrogens (tertiary/aromatic N) is 3. The fraction of sp³-hybridized carbons (Fsp3) is 0.158. The van der Waals surface area contributed by atoms with Crippen LogP contribution in [0.5, 0.6) is 0 Å². The van der Waals surface area contributed by atoms with Crippen molar-refractivity contribution in [2.75, 3.05) is 5.32 Å². The van der Waals surface area contributed by atoms with Crippen LogP contribution in [0.1, 0.15) is 23.4 Å². The summed E-state index contributed by atoms with van der Waals surface area (Å²) in [5.41, 5.74) is 2.81.